The number of morpholine rings is 1. The second-order valence-corrected chi connectivity index (χ2v) is 6.05. The van der Waals surface area contributed by atoms with Gasteiger partial charge in [-0.25, -0.2) is 0 Å². The van der Waals surface area contributed by atoms with Crippen LogP contribution in [0.1, 0.15) is 25.7 Å². The summed E-state index contributed by atoms with van der Waals surface area (Å²) in [5, 5.41) is 3.66. The van der Waals surface area contributed by atoms with Gasteiger partial charge in [0.15, 0.2) is 5.79 Å². The smallest absolute Gasteiger partial charge is 0.168 e. The van der Waals surface area contributed by atoms with Gasteiger partial charge in [0.05, 0.1) is 25.9 Å². The van der Waals surface area contributed by atoms with Crippen molar-refractivity contribution >= 4 is 0 Å². The highest BCUT2D eigenvalue weighted by Crippen LogP contribution is 2.35. The molecular formula is C14H26N2O3. The molecule has 1 unspecified atom stereocenters. The molecule has 0 aromatic rings. The average molecular weight is 270 g/mol. The molecule has 0 aromatic carbocycles. The van der Waals surface area contributed by atoms with E-state index in [4.69, 9.17) is 14.2 Å². The molecule has 1 saturated carbocycles. The average Bonchev–Trinajstić information content (AvgIpc) is 2.87. The van der Waals surface area contributed by atoms with E-state index in [1.807, 2.05) is 0 Å². The standard InChI is InChI=1S/C14H26N2O3/c1-16-6-7-17-13(11-16)10-15-12-2-4-14(5-3-12)18-8-9-19-14/h12-13,15H,2-11H2,1H3. The summed E-state index contributed by atoms with van der Waals surface area (Å²) in [4.78, 5) is 2.34. The van der Waals surface area contributed by atoms with Crippen LogP contribution in [0.25, 0.3) is 0 Å². The largest absolute Gasteiger partial charge is 0.374 e. The Hall–Kier alpha value is -0.200. The van der Waals surface area contributed by atoms with Crippen LogP contribution in [0.2, 0.25) is 0 Å². The molecule has 19 heavy (non-hydrogen) atoms. The third kappa shape index (κ3) is 3.47. The quantitative estimate of drug-likeness (QED) is 0.813. The highest BCUT2D eigenvalue weighted by molar-refractivity contribution is 4.86. The van der Waals surface area contributed by atoms with E-state index in [0.29, 0.717) is 12.1 Å². The Labute approximate surface area is 115 Å². The van der Waals surface area contributed by atoms with Crippen LogP contribution in [0.3, 0.4) is 0 Å². The van der Waals surface area contributed by atoms with Crippen molar-refractivity contribution in [3.8, 4) is 0 Å². The lowest BCUT2D eigenvalue weighted by Crippen LogP contribution is -2.48. The molecule has 110 valence electrons. The Bertz CT molecular complexity index is 284. The van der Waals surface area contributed by atoms with Crippen LogP contribution in [0.5, 0.6) is 0 Å². The molecule has 5 heteroatoms. The van der Waals surface area contributed by atoms with Crippen LogP contribution in [0.4, 0.5) is 0 Å². The van der Waals surface area contributed by atoms with E-state index in [9.17, 15) is 0 Å². The molecule has 1 aliphatic carbocycles. The SMILES string of the molecule is CN1CCOC(CNC2CCC3(CC2)OCCO3)C1. The van der Waals surface area contributed by atoms with Gasteiger partial charge in [-0.2, -0.15) is 0 Å². The number of ether oxygens (including phenoxy) is 3. The Balaban J connectivity index is 1.37. The molecule has 5 nitrogen and oxygen atoms in total. The lowest BCUT2D eigenvalue weighted by molar-refractivity contribution is -0.179. The monoisotopic (exact) mass is 270 g/mol. The summed E-state index contributed by atoms with van der Waals surface area (Å²) in [7, 11) is 2.16. The van der Waals surface area contributed by atoms with Gasteiger partial charge >= 0.3 is 0 Å². The number of nitrogens with one attached hydrogen (secondary N) is 1. The summed E-state index contributed by atoms with van der Waals surface area (Å²) >= 11 is 0. The summed E-state index contributed by atoms with van der Waals surface area (Å²) in [6.45, 7) is 5.44. The van der Waals surface area contributed by atoms with Gasteiger partial charge in [-0.3, -0.25) is 0 Å². The van der Waals surface area contributed by atoms with Crippen molar-refractivity contribution in [1.82, 2.24) is 10.2 Å². The van der Waals surface area contributed by atoms with Crippen molar-refractivity contribution in [2.45, 2.75) is 43.6 Å². The normalized spacial score (nSPS) is 33.0. The molecule has 1 N–H and O–H groups in total. The predicted molar refractivity (Wildman–Crippen MR) is 72.1 cm³/mol. The second-order valence-electron chi connectivity index (χ2n) is 6.05. The van der Waals surface area contributed by atoms with Crippen molar-refractivity contribution in [1.29, 1.82) is 0 Å². The molecule has 0 radical (unpaired) electrons. The van der Waals surface area contributed by atoms with Gasteiger partial charge in [0.2, 0.25) is 0 Å². The molecule has 1 atom stereocenters. The van der Waals surface area contributed by atoms with Crippen LogP contribution in [0, 0.1) is 0 Å². The maximum atomic E-state index is 5.78. The van der Waals surface area contributed by atoms with Gasteiger partial charge in [-0.05, 0) is 19.9 Å². The Morgan fingerprint density at radius 1 is 1.16 bits per heavy atom. The maximum absolute atomic E-state index is 5.78. The molecular weight excluding hydrogens is 244 g/mol. The molecule has 3 fully saturated rings. The molecule has 0 bridgehead atoms. The predicted octanol–water partition coefficient (Wildman–Crippen LogP) is 0.592. The first-order chi connectivity index (χ1) is 9.26. The molecule has 1 spiro atoms. The van der Waals surface area contributed by atoms with E-state index >= 15 is 0 Å². The molecule has 0 aromatic heterocycles. The third-order valence-corrected chi connectivity index (χ3v) is 4.54. The van der Waals surface area contributed by atoms with Crippen LogP contribution in [0.15, 0.2) is 0 Å². The van der Waals surface area contributed by atoms with Gasteiger partial charge in [0.1, 0.15) is 0 Å². The van der Waals surface area contributed by atoms with E-state index < -0.39 is 0 Å². The lowest BCUT2D eigenvalue weighted by atomic mass is 9.90. The van der Waals surface area contributed by atoms with Crippen molar-refractivity contribution in [3.63, 3.8) is 0 Å². The van der Waals surface area contributed by atoms with Crippen LogP contribution in [-0.2, 0) is 14.2 Å². The van der Waals surface area contributed by atoms with E-state index in [-0.39, 0.29) is 5.79 Å². The van der Waals surface area contributed by atoms with E-state index in [2.05, 4.69) is 17.3 Å². The Morgan fingerprint density at radius 2 is 1.89 bits per heavy atom. The zero-order valence-electron chi connectivity index (χ0n) is 11.9. The highest BCUT2D eigenvalue weighted by atomic mass is 16.7. The number of likely N-dealkylation sites (N-methyl/N-ethyl adjacent to an activating group) is 1. The van der Waals surface area contributed by atoms with E-state index in [1.54, 1.807) is 0 Å². The Kier molecular flexibility index (Phi) is 4.39. The fraction of sp³-hybridized carbons (Fsp3) is 1.00. The zero-order valence-corrected chi connectivity index (χ0v) is 11.9. The van der Waals surface area contributed by atoms with Crippen LogP contribution < -0.4 is 5.32 Å². The van der Waals surface area contributed by atoms with Crippen LogP contribution in [-0.4, -0.2) is 69.3 Å². The van der Waals surface area contributed by atoms with Gasteiger partial charge in [-0.15, -0.1) is 0 Å². The molecule has 3 aliphatic rings. The summed E-state index contributed by atoms with van der Waals surface area (Å²) in [5.74, 6) is -0.236. The van der Waals surface area contributed by atoms with E-state index in [0.717, 1.165) is 65.1 Å². The molecule has 2 heterocycles. The van der Waals surface area contributed by atoms with Gasteiger partial charge in [0, 0.05) is 38.5 Å². The van der Waals surface area contributed by atoms with Gasteiger partial charge in [-0.1, -0.05) is 0 Å². The number of hydrogen-bond acceptors (Lipinski definition) is 5. The van der Waals surface area contributed by atoms with Crippen molar-refractivity contribution in [2.75, 3.05) is 46.5 Å². The fourth-order valence-corrected chi connectivity index (χ4v) is 3.34. The first kappa shape index (κ1) is 13.8. The van der Waals surface area contributed by atoms with Gasteiger partial charge < -0.3 is 24.4 Å². The fourth-order valence-electron chi connectivity index (χ4n) is 3.34. The summed E-state index contributed by atoms with van der Waals surface area (Å²) in [6.07, 6.45) is 4.67. The third-order valence-electron chi connectivity index (χ3n) is 4.54. The molecule has 3 rings (SSSR count). The first-order valence-corrected chi connectivity index (χ1v) is 7.57. The van der Waals surface area contributed by atoms with Crippen LogP contribution >= 0.6 is 0 Å². The summed E-state index contributed by atoms with van der Waals surface area (Å²) < 4.78 is 17.3. The van der Waals surface area contributed by atoms with Gasteiger partial charge in [0.25, 0.3) is 0 Å². The molecule has 2 aliphatic heterocycles. The Morgan fingerprint density at radius 3 is 2.58 bits per heavy atom. The maximum Gasteiger partial charge on any atom is 0.168 e. The minimum atomic E-state index is -0.236. The number of nitrogens with zero attached hydrogens (tertiary/aromatic N) is 1. The summed E-state index contributed by atoms with van der Waals surface area (Å²) in [6, 6.07) is 0.592. The minimum Gasteiger partial charge on any atom is -0.374 e. The topological polar surface area (TPSA) is 43.0 Å². The zero-order chi connectivity index (χ0) is 13.1. The lowest BCUT2D eigenvalue weighted by Gasteiger charge is -2.37. The van der Waals surface area contributed by atoms with E-state index in [1.165, 1.54) is 0 Å². The second kappa shape index (κ2) is 6.06. The minimum absolute atomic E-state index is 0.236. The molecule has 2 saturated heterocycles. The first-order valence-electron chi connectivity index (χ1n) is 7.57. The molecule has 0 amide bonds. The van der Waals surface area contributed by atoms with Crippen molar-refractivity contribution < 1.29 is 14.2 Å². The summed E-state index contributed by atoms with van der Waals surface area (Å²) in [5.41, 5.74) is 0. The highest BCUT2D eigenvalue weighted by Gasteiger charge is 2.40. The van der Waals surface area contributed by atoms with Crippen molar-refractivity contribution in [3.05, 3.63) is 0 Å². The number of hydrogen-bond donors (Lipinski definition) is 1. The number of rotatable bonds is 3. The van der Waals surface area contributed by atoms with Crippen molar-refractivity contribution in [2.24, 2.45) is 0 Å².